The fourth-order valence-corrected chi connectivity index (χ4v) is 3.20. The minimum absolute atomic E-state index is 0.323. The third-order valence-electron chi connectivity index (χ3n) is 4.01. The highest BCUT2D eigenvalue weighted by Crippen LogP contribution is 2.22. The lowest BCUT2D eigenvalue weighted by Gasteiger charge is -2.17. The normalized spacial score (nSPS) is 11.3. The van der Waals surface area contributed by atoms with Gasteiger partial charge in [-0.25, -0.2) is 9.07 Å². The standard InChI is InChI=1S/C18H17Cl2FN4S/c1-23(10-14-15(20)4-3-5-16(14)21)11-25-18(26)24(2)17(22-25)12-6-8-13(19)9-7-12/h3-9H,10-11H2,1-2H3. The Labute approximate surface area is 166 Å². The van der Waals surface area contributed by atoms with Crippen molar-refractivity contribution in [2.24, 2.45) is 7.05 Å². The Kier molecular flexibility index (Phi) is 5.77. The summed E-state index contributed by atoms with van der Waals surface area (Å²) in [6.45, 7) is 0.755. The van der Waals surface area contributed by atoms with Crippen LogP contribution < -0.4 is 0 Å². The monoisotopic (exact) mass is 410 g/mol. The number of hydrogen-bond donors (Lipinski definition) is 0. The Balaban J connectivity index is 1.83. The largest absolute Gasteiger partial charge is 0.303 e. The molecular weight excluding hydrogens is 394 g/mol. The van der Waals surface area contributed by atoms with Gasteiger partial charge in [0.2, 0.25) is 0 Å². The maximum atomic E-state index is 14.0. The highest BCUT2D eigenvalue weighted by molar-refractivity contribution is 7.71. The molecule has 0 aliphatic heterocycles. The molecule has 0 saturated carbocycles. The van der Waals surface area contributed by atoms with Crippen molar-refractivity contribution in [3.8, 4) is 11.4 Å². The van der Waals surface area contributed by atoms with Gasteiger partial charge in [-0.05, 0) is 55.7 Å². The number of nitrogens with zero attached hydrogens (tertiary/aromatic N) is 4. The molecule has 0 bridgehead atoms. The molecular formula is C18H17Cl2FN4S. The quantitative estimate of drug-likeness (QED) is 0.543. The van der Waals surface area contributed by atoms with Crippen molar-refractivity contribution in [3.05, 3.63) is 68.7 Å². The van der Waals surface area contributed by atoms with Gasteiger partial charge in [-0.1, -0.05) is 29.3 Å². The van der Waals surface area contributed by atoms with Gasteiger partial charge in [0.1, 0.15) is 5.82 Å². The Morgan fingerprint density at radius 2 is 1.85 bits per heavy atom. The van der Waals surface area contributed by atoms with E-state index in [2.05, 4.69) is 5.10 Å². The zero-order valence-corrected chi connectivity index (χ0v) is 16.6. The molecule has 2 aromatic carbocycles. The summed E-state index contributed by atoms with van der Waals surface area (Å²) in [6, 6.07) is 12.1. The average molecular weight is 411 g/mol. The maximum Gasteiger partial charge on any atom is 0.199 e. The Bertz CT molecular complexity index is 962. The van der Waals surface area contributed by atoms with Crippen molar-refractivity contribution in [1.29, 1.82) is 0 Å². The van der Waals surface area contributed by atoms with Crippen LogP contribution in [0.3, 0.4) is 0 Å². The summed E-state index contributed by atoms with van der Waals surface area (Å²) >= 11 is 17.5. The van der Waals surface area contributed by atoms with Crippen molar-refractivity contribution in [1.82, 2.24) is 19.2 Å². The molecule has 0 spiro atoms. The fourth-order valence-electron chi connectivity index (χ4n) is 2.66. The van der Waals surface area contributed by atoms with Gasteiger partial charge in [-0.2, -0.15) is 5.10 Å². The van der Waals surface area contributed by atoms with E-state index in [0.29, 0.717) is 33.6 Å². The molecule has 0 aliphatic rings. The lowest BCUT2D eigenvalue weighted by molar-refractivity contribution is 0.241. The minimum Gasteiger partial charge on any atom is -0.303 e. The van der Waals surface area contributed by atoms with E-state index in [9.17, 15) is 4.39 Å². The average Bonchev–Trinajstić information content (AvgIpc) is 2.87. The molecule has 0 fully saturated rings. The second kappa shape index (κ2) is 7.88. The first kappa shape index (κ1) is 19.0. The second-order valence-electron chi connectivity index (χ2n) is 6.03. The van der Waals surface area contributed by atoms with Gasteiger partial charge in [0, 0.05) is 34.8 Å². The highest BCUT2D eigenvalue weighted by Gasteiger charge is 2.14. The van der Waals surface area contributed by atoms with Crippen LogP contribution in [0.2, 0.25) is 10.0 Å². The molecule has 0 amide bonds. The summed E-state index contributed by atoms with van der Waals surface area (Å²) in [4.78, 5) is 1.90. The molecule has 0 saturated heterocycles. The van der Waals surface area contributed by atoms with Gasteiger partial charge in [0.15, 0.2) is 10.6 Å². The Morgan fingerprint density at radius 1 is 1.15 bits per heavy atom. The highest BCUT2D eigenvalue weighted by atomic mass is 35.5. The third-order valence-corrected chi connectivity index (χ3v) is 5.10. The van der Waals surface area contributed by atoms with Crippen molar-refractivity contribution in [2.45, 2.75) is 13.2 Å². The summed E-state index contributed by atoms with van der Waals surface area (Å²) in [7, 11) is 3.73. The minimum atomic E-state index is -0.323. The van der Waals surface area contributed by atoms with Crippen LogP contribution in [0.1, 0.15) is 5.56 Å². The number of rotatable bonds is 5. The molecule has 136 valence electrons. The first-order valence-electron chi connectivity index (χ1n) is 7.88. The topological polar surface area (TPSA) is 26.0 Å². The SMILES string of the molecule is CN(Cc1c(F)cccc1Cl)Cn1nc(-c2ccc(Cl)cc2)n(C)c1=S. The van der Waals surface area contributed by atoms with Gasteiger partial charge in [-0.3, -0.25) is 4.90 Å². The van der Waals surface area contributed by atoms with Gasteiger partial charge in [0.25, 0.3) is 0 Å². The number of benzene rings is 2. The lowest BCUT2D eigenvalue weighted by atomic mass is 10.2. The van der Waals surface area contributed by atoms with Crippen LogP contribution in [0.4, 0.5) is 4.39 Å². The zero-order valence-electron chi connectivity index (χ0n) is 14.3. The van der Waals surface area contributed by atoms with Gasteiger partial charge >= 0.3 is 0 Å². The molecule has 1 heterocycles. The van der Waals surface area contributed by atoms with E-state index in [1.54, 1.807) is 16.8 Å². The molecule has 0 radical (unpaired) electrons. The van der Waals surface area contributed by atoms with Gasteiger partial charge in [0.05, 0.1) is 6.67 Å². The van der Waals surface area contributed by atoms with Crippen molar-refractivity contribution < 1.29 is 4.39 Å². The van der Waals surface area contributed by atoms with Crippen LogP contribution in [-0.2, 0) is 20.3 Å². The molecule has 1 aromatic heterocycles. The maximum absolute atomic E-state index is 14.0. The summed E-state index contributed by atoms with van der Waals surface area (Å²) in [5.41, 5.74) is 1.37. The van der Waals surface area contributed by atoms with E-state index >= 15 is 0 Å². The van der Waals surface area contributed by atoms with Crippen molar-refractivity contribution >= 4 is 35.4 Å². The first-order chi connectivity index (χ1) is 12.4. The predicted molar refractivity (Wildman–Crippen MR) is 105 cm³/mol. The second-order valence-corrected chi connectivity index (χ2v) is 7.24. The molecule has 3 aromatic rings. The van der Waals surface area contributed by atoms with Crippen LogP contribution in [-0.4, -0.2) is 26.3 Å². The Hall–Kier alpha value is -1.73. The summed E-state index contributed by atoms with van der Waals surface area (Å²) in [6.07, 6.45) is 0. The van der Waals surface area contributed by atoms with E-state index in [-0.39, 0.29) is 5.82 Å². The molecule has 26 heavy (non-hydrogen) atoms. The van der Waals surface area contributed by atoms with Crippen LogP contribution >= 0.6 is 35.4 Å². The summed E-state index contributed by atoms with van der Waals surface area (Å²) in [5.74, 6) is 0.416. The molecule has 3 rings (SSSR count). The lowest BCUT2D eigenvalue weighted by Crippen LogP contribution is -2.23. The molecule has 0 unspecified atom stereocenters. The van der Waals surface area contributed by atoms with Crippen LogP contribution in [0.5, 0.6) is 0 Å². The summed E-state index contributed by atoms with van der Waals surface area (Å²) in [5, 5.41) is 5.67. The van der Waals surface area contributed by atoms with Crippen LogP contribution in [0, 0.1) is 10.6 Å². The van der Waals surface area contributed by atoms with Gasteiger partial charge < -0.3 is 4.57 Å². The third kappa shape index (κ3) is 3.99. The molecule has 0 aliphatic carbocycles. The van der Waals surface area contributed by atoms with Crippen LogP contribution in [0.25, 0.3) is 11.4 Å². The van der Waals surface area contributed by atoms with Crippen molar-refractivity contribution in [2.75, 3.05) is 7.05 Å². The number of aromatic nitrogens is 3. The molecule has 0 N–H and O–H groups in total. The van der Waals surface area contributed by atoms with Gasteiger partial charge in [-0.15, -0.1) is 0 Å². The molecule has 8 heteroatoms. The number of halogens is 3. The fraction of sp³-hybridized carbons (Fsp3) is 0.222. The zero-order chi connectivity index (χ0) is 18.8. The van der Waals surface area contributed by atoms with Crippen LogP contribution in [0.15, 0.2) is 42.5 Å². The smallest absolute Gasteiger partial charge is 0.199 e. The van der Waals surface area contributed by atoms with E-state index < -0.39 is 0 Å². The number of hydrogen-bond acceptors (Lipinski definition) is 3. The Morgan fingerprint density at radius 3 is 2.50 bits per heavy atom. The van der Waals surface area contributed by atoms with E-state index in [0.717, 1.165) is 11.4 Å². The van der Waals surface area contributed by atoms with E-state index in [1.165, 1.54) is 6.07 Å². The molecule has 4 nitrogen and oxygen atoms in total. The van der Waals surface area contributed by atoms with E-state index in [1.807, 2.05) is 47.8 Å². The summed E-state index contributed by atoms with van der Waals surface area (Å²) < 4.78 is 18.1. The predicted octanol–water partition coefficient (Wildman–Crippen LogP) is 5.15. The first-order valence-corrected chi connectivity index (χ1v) is 9.04. The van der Waals surface area contributed by atoms with E-state index in [4.69, 9.17) is 35.4 Å². The van der Waals surface area contributed by atoms with Crippen molar-refractivity contribution in [3.63, 3.8) is 0 Å². The molecule has 0 atom stereocenters.